The standard InChI is InChI=1S/C10H15N3O3/c1-5(2)16-10-12-4-7(6(3)13-10)8(11)9(14)15/h4-5,8H,11H2,1-3H3,(H,14,15). The number of nitrogens with zero attached hydrogens (tertiary/aromatic N) is 2. The molecule has 0 bridgehead atoms. The number of carbonyl (C=O) groups is 1. The predicted molar refractivity (Wildman–Crippen MR) is 57.1 cm³/mol. The maximum Gasteiger partial charge on any atom is 0.325 e. The fourth-order valence-corrected chi connectivity index (χ4v) is 1.16. The van der Waals surface area contributed by atoms with Crippen molar-refractivity contribution in [3.05, 3.63) is 17.5 Å². The van der Waals surface area contributed by atoms with Gasteiger partial charge in [0.2, 0.25) is 0 Å². The molecule has 16 heavy (non-hydrogen) atoms. The van der Waals surface area contributed by atoms with E-state index in [4.69, 9.17) is 15.6 Å². The molecule has 1 heterocycles. The summed E-state index contributed by atoms with van der Waals surface area (Å²) in [5.41, 5.74) is 6.38. The molecule has 0 radical (unpaired) electrons. The van der Waals surface area contributed by atoms with Gasteiger partial charge in [-0.05, 0) is 20.8 Å². The van der Waals surface area contributed by atoms with Gasteiger partial charge in [0.05, 0.1) is 6.10 Å². The molecule has 6 nitrogen and oxygen atoms in total. The van der Waals surface area contributed by atoms with Gasteiger partial charge >= 0.3 is 12.0 Å². The van der Waals surface area contributed by atoms with Crippen LogP contribution in [0.4, 0.5) is 0 Å². The fraction of sp³-hybridized carbons (Fsp3) is 0.500. The minimum atomic E-state index is -1.11. The summed E-state index contributed by atoms with van der Waals surface area (Å²) < 4.78 is 5.28. The Morgan fingerprint density at radius 2 is 2.19 bits per heavy atom. The maximum atomic E-state index is 10.7. The second kappa shape index (κ2) is 4.89. The van der Waals surface area contributed by atoms with E-state index in [0.29, 0.717) is 11.3 Å². The third-order valence-corrected chi connectivity index (χ3v) is 1.94. The number of aryl methyl sites for hydroxylation is 1. The summed E-state index contributed by atoms with van der Waals surface area (Å²) in [5.74, 6) is -1.11. The van der Waals surface area contributed by atoms with E-state index in [0.717, 1.165) is 0 Å². The molecule has 3 N–H and O–H groups in total. The number of hydrogen-bond acceptors (Lipinski definition) is 5. The number of carboxylic acids is 1. The minimum absolute atomic E-state index is 0.0293. The molecule has 1 aromatic rings. The molecule has 1 rings (SSSR count). The van der Waals surface area contributed by atoms with Gasteiger partial charge < -0.3 is 15.6 Å². The fourth-order valence-electron chi connectivity index (χ4n) is 1.16. The number of rotatable bonds is 4. The van der Waals surface area contributed by atoms with Gasteiger partial charge in [-0.25, -0.2) is 9.97 Å². The SMILES string of the molecule is Cc1nc(OC(C)C)ncc1C(N)C(=O)O. The topological polar surface area (TPSA) is 98.3 Å². The van der Waals surface area contributed by atoms with Crippen LogP contribution >= 0.6 is 0 Å². The molecule has 6 heteroatoms. The highest BCUT2D eigenvalue weighted by atomic mass is 16.5. The summed E-state index contributed by atoms with van der Waals surface area (Å²) in [7, 11) is 0. The van der Waals surface area contributed by atoms with Crippen LogP contribution in [0.25, 0.3) is 0 Å². The highest BCUT2D eigenvalue weighted by Crippen LogP contribution is 2.15. The Hall–Kier alpha value is -1.69. The van der Waals surface area contributed by atoms with Crippen molar-refractivity contribution < 1.29 is 14.6 Å². The van der Waals surface area contributed by atoms with Gasteiger partial charge in [-0.3, -0.25) is 4.79 Å². The summed E-state index contributed by atoms with van der Waals surface area (Å²) in [5, 5.41) is 8.76. The number of ether oxygens (including phenoxy) is 1. The van der Waals surface area contributed by atoms with Crippen molar-refractivity contribution in [3.8, 4) is 6.01 Å². The van der Waals surface area contributed by atoms with E-state index in [2.05, 4.69) is 9.97 Å². The molecule has 0 aliphatic rings. The van der Waals surface area contributed by atoms with Crippen LogP contribution in [0, 0.1) is 6.92 Å². The van der Waals surface area contributed by atoms with Crippen LogP contribution in [-0.4, -0.2) is 27.1 Å². The number of aliphatic carboxylic acids is 1. The first-order valence-corrected chi connectivity index (χ1v) is 4.90. The van der Waals surface area contributed by atoms with E-state index in [9.17, 15) is 4.79 Å². The Balaban J connectivity index is 2.95. The quantitative estimate of drug-likeness (QED) is 0.780. The summed E-state index contributed by atoms with van der Waals surface area (Å²) in [6.07, 6.45) is 1.36. The maximum absolute atomic E-state index is 10.7. The molecule has 0 saturated carbocycles. The van der Waals surface area contributed by atoms with Gasteiger partial charge in [-0.15, -0.1) is 0 Å². The van der Waals surface area contributed by atoms with E-state index >= 15 is 0 Å². The molecule has 0 amide bonds. The molecule has 0 saturated heterocycles. The van der Waals surface area contributed by atoms with Gasteiger partial charge in [0.1, 0.15) is 6.04 Å². The number of aromatic nitrogens is 2. The van der Waals surface area contributed by atoms with Gasteiger partial charge in [-0.1, -0.05) is 0 Å². The summed E-state index contributed by atoms with van der Waals surface area (Å²) in [4.78, 5) is 18.6. The Labute approximate surface area is 93.5 Å². The first-order valence-electron chi connectivity index (χ1n) is 4.90. The molecule has 0 fully saturated rings. The van der Waals surface area contributed by atoms with Crippen LogP contribution in [0.3, 0.4) is 0 Å². The molecule has 1 aromatic heterocycles. The molecule has 0 aromatic carbocycles. The Morgan fingerprint density at radius 1 is 1.56 bits per heavy atom. The summed E-state index contributed by atoms with van der Waals surface area (Å²) >= 11 is 0. The van der Waals surface area contributed by atoms with Crippen LogP contribution in [-0.2, 0) is 4.79 Å². The Bertz CT molecular complexity index is 393. The van der Waals surface area contributed by atoms with Crippen molar-refractivity contribution in [2.75, 3.05) is 0 Å². The zero-order valence-electron chi connectivity index (χ0n) is 9.47. The van der Waals surface area contributed by atoms with Crippen molar-refractivity contribution in [1.82, 2.24) is 9.97 Å². The first kappa shape index (κ1) is 12.4. The normalized spacial score (nSPS) is 12.6. The van der Waals surface area contributed by atoms with E-state index in [1.807, 2.05) is 13.8 Å². The van der Waals surface area contributed by atoms with Crippen LogP contribution < -0.4 is 10.5 Å². The van der Waals surface area contributed by atoms with Gasteiger partial charge in [0, 0.05) is 17.5 Å². The number of carboxylic acid groups (broad SMARTS) is 1. The highest BCUT2D eigenvalue weighted by molar-refractivity contribution is 5.75. The molecule has 0 spiro atoms. The molecule has 0 aliphatic heterocycles. The van der Waals surface area contributed by atoms with Crippen molar-refractivity contribution in [2.24, 2.45) is 5.73 Å². The molecule has 1 atom stereocenters. The molecular weight excluding hydrogens is 210 g/mol. The predicted octanol–water partition coefficient (Wildman–Crippen LogP) is 0.657. The van der Waals surface area contributed by atoms with Crippen LogP contribution in [0.1, 0.15) is 31.1 Å². The number of hydrogen-bond donors (Lipinski definition) is 2. The lowest BCUT2D eigenvalue weighted by Gasteiger charge is -2.12. The van der Waals surface area contributed by atoms with Crippen LogP contribution in [0.5, 0.6) is 6.01 Å². The Morgan fingerprint density at radius 3 is 2.62 bits per heavy atom. The van der Waals surface area contributed by atoms with E-state index in [1.165, 1.54) is 6.20 Å². The number of nitrogens with two attached hydrogens (primary N) is 1. The van der Waals surface area contributed by atoms with Crippen molar-refractivity contribution in [3.63, 3.8) is 0 Å². The summed E-state index contributed by atoms with van der Waals surface area (Å²) in [6, 6.07) is -0.873. The zero-order chi connectivity index (χ0) is 12.3. The third-order valence-electron chi connectivity index (χ3n) is 1.94. The van der Waals surface area contributed by atoms with Crippen LogP contribution in [0.2, 0.25) is 0 Å². The lowest BCUT2D eigenvalue weighted by molar-refractivity contribution is -0.138. The van der Waals surface area contributed by atoms with E-state index < -0.39 is 12.0 Å². The molecule has 0 aliphatic carbocycles. The highest BCUT2D eigenvalue weighted by Gasteiger charge is 2.18. The van der Waals surface area contributed by atoms with Crippen LogP contribution in [0.15, 0.2) is 6.20 Å². The summed E-state index contributed by atoms with van der Waals surface area (Å²) in [6.45, 7) is 5.39. The monoisotopic (exact) mass is 225 g/mol. The second-order valence-corrected chi connectivity index (χ2v) is 3.68. The largest absolute Gasteiger partial charge is 0.480 e. The van der Waals surface area contributed by atoms with Gasteiger partial charge in [-0.2, -0.15) is 0 Å². The third kappa shape index (κ3) is 2.90. The first-order chi connectivity index (χ1) is 7.41. The smallest absolute Gasteiger partial charge is 0.325 e. The van der Waals surface area contributed by atoms with Gasteiger partial charge in [0.25, 0.3) is 0 Å². The average Bonchev–Trinajstić information content (AvgIpc) is 2.15. The lowest BCUT2D eigenvalue weighted by atomic mass is 10.1. The molecule has 1 unspecified atom stereocenters. The molecule has 88 valence electrons. The minimum Gasteiger partial charge on any atom is -0.480 e. The van der Waals surface area contributed by atoms with Crippen molar-refractivity contribution >= 4 is 5.97 Å². The Kier molecular flexibility index (Phi) is 3.78. The van der Waals surface area contributed by atoms with E-state index in [1.54, 1.807) is 6.92 Å². The van der Waals surface area contributed by atoms with Crippen molar-refractivity contribution in [2.45, 2.75) is 32.9 Å². The second-order valence-electron chi connectivity index (χ2n) is 3.68. The van der Waals surface area contributed by atoms with Gasteiger partial charge in [0.15, 0.2) is 0 Å². The van der Waals surface area contributed by atoms with E-state index in [-0.39, 0.29) is 12.1 Å². The average molecular weight is 225 g/mol. The molecular formula is C10H15N3O3. The lowest BCUT2D eigenvalue weighted by Crippen LogP contribution is -2.22. The zero-order valence-corrected chi connectivity index (χ0v) is 9.47. The van der Waals surface area contributed by atoms with Crippen molar-refractivity contribution in [1.29, 1.82) is 0 Å².